The van der Waals surface area contributed by atoms with Gasteiger partial charge in [-0.3, -0.25) is 24.6 Å². The highest BCUT2D eigenvalue weighted by Crippen LogP contribution is 2.29. The largest absolute Gasteiger partial charge is 0.496 e. The molecule has 0 aliphatic carbocycles. The minimum absolute atomic E-state index is 0.0504. The van der Waals surface area contributed by atoms with Crippen LogP contribution in [0.25, 0.3) is 0 Å². The van der Waals surface area contributed by atoms with Gasteiger partial charge in [0.1, 0.15) is 11.4 Å². The number of nitro benzene ring substituents is 1. The van der Waals surface area contributed by atoms with E-state index in [1.54, 1.807) is 6.92 Å². The maximum absolute atomic E-state index is 13.7. The normalized spacial score (nSPS) is 10.7. The smallest absolute Gasteiger partial charge is 0.296 e. The van der Waals surface area contributed by atoms with Crippen molar-refractivity contribution in [1.29, 1.82) is 0 Å². The topological polar surface area (TPSA) is 114 Å². The van der Waals surface area contributed by atoms with E-state index in [4.69, 9.17) is 4.74 Å². The molecule has 0 spiro atoms. The lowest BCUT2D eigenvalue weighted by Crippen LogP contribution is -2.39. The van der Waals surface area contributed by atoms with Crippen LogP contribution in [0.1, 0.15) is 13.3 Å². The molecular formula is C20H21F3N4O5. The molecule has 0 aromatic heterocycles. The van der Waals surface area contributed by atoms with E-state index in [1.807, 2.05) is 0 Å². The maximum atomic E-state index is 13.7. The predicted octanol–water partition coefficient (Wildman–Crippen LogP) is 3.31. The Bertz CT molecular complexity index is 1020. The molecule has 9 nitrogen and oxygen atoms in total. The minimum Gasteiger partial charge on any atom is -0.496 e. The molecule has 2 N–H and O–H groups in total. The van der Waals surface area contributed by atoms with Crippen molar-refractivity contribution >= 4 is 28.9 Å². The highest BCUT2D eigenvalue weighted by atomic mass is 19.2. The zero-order chi connectivity index (χ0) is 23.8. The van der Waals surface area contributed by atoms with Gasteiger partial charge >= 0.3 is 0 Å². The number of halogens is 3. The summed E-state index contributed by atoms with van der Waals surface area (Å²) in [6.07, 6.45) is 0.558. The quantitative estimate of drug-likeness (QED) is 0.324. The van der Waals surface area contributed by atoms with Crippen LogP contribution in [0, 0.1) is 27.6 Å². The molecule has 2 amide bonds. The minimum atomic E-state index is -1.71. The lowest BCUT2D eigenvalue weighted by Gasteiger charge is -2.20. The summed E-state index contributed by atoms with van der Waals surface area (Å²) in [5.74, 6) is -5.79. The van der Waals surface area contributed by atoms with Crippen LogP contribution in [0.5, 0.6) is 5.75 Å². The number of anilines is 2. The van der Waals surface area contributed by atoms with Gasteiger partial charge < -0.3 is 15.4 Å². The first-order valence-electron chi connectivity index (χ1n) is 9.44. The summed E-state index contributed by atoms with van der Waals surface area (Å²) < 4.78 is 45.0. The number of hydrogen-bond donors (Lipinski definition) is 2. The van der Waals surface area contributed by atoms with Gasteiger partial charge in [0, 0.05) is 0 Å². The number of rotatable bonds is 10. The Kier molecular flexibility index (Phi) is 8.53. The summed E-state index contributed by atoms with van der Waals surface area (Å²) in [6, 6.07) is 5.47. The second-order valence-corrected chi connectivity index (χ2v) is 6.67. The Morgan fingerprint density at radius 2 is 1.62 bits per heavy atom. The first-order chi connectivity index (χ1) is 15.2. The third kappa shape index (κ3) is 6.41. The molecule has 0 fully saturated rings. The van der Waals surface area contributed by atoms with Crippen LogP contribution in [-0.4, -0.2) is 48.4 Å². The Balaban J connectivity index is 2.05. The number of nitrogens with one attached hydrogen (secondary N) is 2. The standard InChI is InChI=1S/C20H21F3N4O5/c1-3-8-26(11-18(29)25-15-7-5-13(21)19(22)20(15)23)10-17(28)24-14-6-4-12(32-2)9-16(14)27(30)31/h4-7,9H,3,8,10-11H2,1-2H3,(H,24,28)(H,25,29). The lowest BCUT2D eigenvalue weighted by atomic mass is 10.2. The van der Waals surface area contributed by atoms with Crippen molar-refractivity contribution < 1.29 is 32.4 Å². The molecule has 2 aromatic carbocycles. The number of carbonyl (C=O) groups is 2. The van der Waals surface area contributed by atoms with E-state index in [0.717, 1.165) is 12.1 Å². The molecule has 0 heterocycles. The van der Waals surface area contributed by atoms with Crippen LogP contribution in [0.15, 0.2) is 30.3 Å². The second kappa shape index (κ2) is 11.1. The van der Waals surface area contributed by atoms with Gasteiger partial charge in [0.2, 0.25) is 11.8 Å². The molecule has 12 heteroatoms. The fourth-order valence-corrected chi connectivity index (χ4v) is 2.83. The summed E-state index contributed by atoms with van der Waals surface area (Å²) in [6.45, 7) is 1.44. The van der Waals surface area contributed by atoms with Gasteiger partial charge in [-0.2, -0.15) is 0 Å². The molecule has 0 saturated heterocycles. The number of benzene rings is 2. The third-order valence-electron chi connectivity index (χ3n) is 4.26. The molecule has 0 unspecified atom stereocenters. The van der Waals surface area contributed by atoms with E-state index in [1.165, 1.54) is 24.1 Å². The van der Waals surface area contributed by atoms with Crippen molar-refractivity contribution in [3.63, 3.8) is 0 Å². The number of nitrogens with zero attached hydrogens (tertiary/aromatic N) is 2. The van der Waals surface area contributed by atoms with Gasteiger partial charge in [-0.05, 0) is 37.2 Å². The average molecular weight is 454 g/mol. The van der Waals surface area contributed by atoms with E-state index >= 15 is 0 Å². The summed E-state index contributed by atoms with van der Waals surface area (Å²) in [7, 11) is 1.34. The van der Waals surface area contributed by atoms with Crippen LogP contribution < -0.4 is 15.4 Å². The molecule has 32 heavy (non-hydrogen) atoms. The zero-order valence-electron chi connectivity index (χ0n) is 17.3. The predicted molar refractivity (Wildman–Crippen MR) is 110 cm³/mol. The summed E-state index contributed by atoms with van der Waals surface area (Å²) in [5.41, 5.74) is -0.958. The number of nitro groups is 1. The van der Waals surface area contributed by atoms with Crippen molar-refractivity contribution in [2.24, 2.45) is 0 Å². The van der Waals surface area contributed by atoms with Gasteiger partial charge in [0.25, 0.3) is 5.69 Å². The van der Waals surface area contributed by atoms with E-state index in [-0.39, 0.29) is 30.2 Å². The van der Waals surface area contributed by atoms with Gasteiger partial charge in [-0.15, -0.1) is 0 Å². The molecule has 0 atom stereocenters. The molecule has 0 bridgehead atoms. The highest BCUT2D eigenvalue weighted by Gasteiger charge is 2.21. The van der Waals surface area contributed by atoms with Crippen LogP contribution in [0.3, 0.4) is 0 Å². The first-order valence-corrected chi connectivity index (χ1v) is 9.44. The number of methoxy groups -OCH3 is 1. The molecular weight excluding hydrogens is 433 g/mol. The molecule has 2 aromatic rings. The summed E-state index contributed by atoms with van der Waals surface area (Å²) >= 11 is 0. The Morgan fingerprint density at radius 1 is 1.03 bits per heavy atom. The molecule has 172 valence electrons. The fraction of sp³-hybridized carbons (Fsp3) is 0.300. The monoisotopic (exact) mass is 454 g/mol. The van der Waals surface area contributed by atoms with Crippen LogP contribution in [-0.2, 0) is 9.59 Å². The van der Waals surface area contributed by atoms with Gasteiger partial charge in [0.05, 0.1) is 36.9 Å². The molecule has 0 aliphatic heterocycles. The third-order valence-corrected chi connectivity index (χ3v) is 4.26. The van der Waals surface area contributed by atoms with Crippen molar-refractivity contribution in [1.82, 2.24) is 4.90 Å². The van der Waals surface area contributed by atoms with Crippen LogP contribution in [0.4, 0.5) is 30.2 Å². The van der Waals surface area contributed by atoms with Gasteiger partial charge in [-0.1, -0.05) is 6.92 Å². The number of hydrogen-bond acceptors (Lipinski definition) is 6. The highest BCUT2D eigenvalue weighted by molar-refractivity contribution is 5.96. The van der Waals surface area contributed by atoms with E-state index in [2.05, 4.69) is 10.6 Å². The first kappa shape index (κ1) is 24.6. The van der Waals surface area contributed by atoms with Crippen LogP contribution in [0.2, 0.25) is 0 Å². The lowest BCUT2D eigenvalue weighted by molar-refractivity contribution is -0.384. The summed E-state index contributed by atoms with van der Waals surface area (Å²) in [5, 5.41) is 15.8. The zero-order valence-corrected chi connectivity index (χ0v) is 17.3. The molecule has 0 aliphatic rings. The molecule has 2 rings (SSSR count). The molecule has 0 saturated carbocycles. The number of amides is 2. The SMILES string of the molecule is CCCN(CC(=O)Nc1ccc(OC)cc1[N+](=O)[O-])CC(=O)Nc1ccc(F)c(F)c1F. The van der Waals surface area contributed by atoms with E-state index in [9.17, 15) is 32.9 Å². The van der Waals surface area contributed by atoms with Crippen molar-refractivity contribution in [3.05, 3.63) is 57.9 Å². The second-order valence-electron chi connectivity index (χ2n) is 6.67. The molecule has 0 radical (unpaired) electrons. The van der Waals surface area contributed by atoms with Crippen LogP contribution >= 0.6 is 0 Å². The van der Waals surface area contributed by atoms with Crippen molar-refractivity contribution in [3.8, 4) is 5.75 Å². The van der Waals surface area contributed by atoms with Gasteiger partial charge in [-0.25, -0.2) is 13.2 Å². The maximum Gasteiger partial charge on any atom is 0.296 e. The Hall–Kier alpha value is -3.67. The average Bonchev–Trinajstić information content (AvgIpc) is 2.74. The Morgan fingerprint density at radius 3 is 2.19 bits per heavy atom. The Labute approximate surface area is 181 Å². The number of carbonyl (C=O) groups excluding carboxylic acids is 2. The van der Waals surface area contributed by atoms with Crippen molar-refractivity contribution in [2.45, 2.75) is 13.3 Å². The van der Waals surface area contributed by atoms with Gasteiger partial charge in [0.15, 0.2) is 17.5 Å². The van der Waals surface area contributed by atoms with Crippen molar-refractivity contribution in [2.75, 3.05) is 37.4 Å². The van der Waals surface area contributed by atoms with E-state index < -0.39 is 39.9 Å². The van der Waals surface area contributed by atoms with E-state index in [0.29, 0.717) is 19.0 Å². The number of ether oxygens (including phenoxy) is 1. The summed E-state index contributed by atoms with van der Waals surface area (Å²) in [4.78, 5) is 36.6. The fourth-order valence-electron chi connectivity index (χ4n) is 2.83.